The van der Waals surface area contributed by atoms with Gasteiger partial charge in [0.05, 0.1) is 10.7 Å². The van der Waals surface area contributed by atoms with Crippen molar-refractivity contribution in [3.05, 3.63) is 58.9 Å². The first kappa shape index (κ1) is 11.0. The minimum Gasteiger partial charge on any atom is -0.486 e. The van der Waals surface area contributed by atoms with Crippen molar-refractivity contribution in [2.24, 2.45) is 0 Å². The summed E-state index contributed by atoms with van der Waals surface area (Å²) in [7, 11) is 0. The van der Waals surface area contributed by atoms with E-state index in [-0.39, 0.29) is 0 Å². The smallest absolute Gasteiger partial charge is 0.138 e. The monoisotopic (exact) mass is 233 g/mol. The molecule has 82 valence electrons. The maximum Gasteiger partial charge on any atom is 0.138 e. The minimum atomic E-state index is 0.436. The largest absolute Gasteiger partial charge is 0.486 e. The van der Waals surface area contributed by atoms with Crippen molar-refractivity contribution < 1.29 is 4.74 Å². The summed E-state index contributed by atoms with van der Waals surface area (Å²) in [4.78, 5) is 4.35. The molecule has 0 N–H and O–H groups in total. The number of pyridine rings is 1. The highest BCUT2D eigenvalue weighted by atomic mass is 35.5. The van der Waals surface area contributed by atoms with Crippen molar-refractivity contribution in [1.82, 2.24) is 4.98 Å². The van der Waals surface area contributed by atoms with Crippen LogP contribution >= 0.6 is 11.6 Å². The maximum absolute atomic E-state index is 5.98. The lowest BCUT2D eigenvalue weighted by Crippen LogP contribution is -1.99. The predicted molar refractivity (Wildman–Crippen MR) is 64.8 cm³/mol. The van der Waals surface area contributed by atoms with E-state index in [4.69, 9.17) is 16.3 Å². The van der Waals surface area contributed by atoms with Crippen LogP contribution in [0, 0.1) is 6.92 Å². The molecule has 0 atom stereocenters. The molecule has 1 heterocycles. The Morgan fingerprint density at radius 3 is 2.69 bits per heavy atom. The van der Waals surface area contributed by atoms with E-state index >= 15 is 0 Å². The van der Waals surface area contributed by atoms with Crippen LogP contribution in [0.4, 0.5) is 0 Å². The van der Waals surface area contributed by atoms with Gasteiger partial charge in [0, 0.05) is 5.69 Å². The average molecular weight is 234 g/mol. The van der Waals surface area contributed by atoms with Crippen LogP contribution in [-0.2, 0) is 6.61 Å². The topological polar surface area (TPSA) is 22.1 Å². The van der Waals surface area contributed by atoms with Crippen LogP contribution in [0.25, 0.3) is 0 Å². The second-order valence-corrected chi connectivity index (χ2v) is 3.90. The van der Waals surface area contributed by atoms with E-state index in [1.807, 2.05) is 43.3 Å². The highest BCUT2D eigenvalue weighted by Gasteiger charge is 2.01. The third kappa shape index (κ3) is 2.74. The number of benzene rings is 1. The van der Waals surface area contributed by atoms with Crippen molar-refractivity contribution in [1.29, 1.82) is 0 Å². The molecule has 3 heteroatoms. The molecule has 0 unspecified atom stereocenters. The number of halogens is 1. The molecule has 1 aromatic heterocycles. The summed E-state index contributed by atoms with van der Waals surface area (Å²) in [6.07, 6.45) is 0. The van der Waals surface area contributed by atoms with E-state index in [0.717, 1.165) is 11.4 Å². The van der Waals surface area contributed by atoms with Crippen LogP contribution in [0.2, 0.25) is 5.02 Å². The first-order valence-corrected chi connectivity index (χ1v) is 5.43. The Labute approximate surface area is 99.9 Å². The van der Waals surface area contributed by atoms with E-state index in [1.54, 1.807) is 6.07 Å². The lowest BCUT2D eigenvalue weighted by atomic mass is 10.3. The van der Waals surface area contributed by atoms with Gasteiger partial charge < -0.3 is 4.74 Å². The molecule has 0 saturated heterocycles. The van der Waals surface area contributed by atoms with Crippen LogP contribution in [-0.4, -0.2) is 4.98 Å². The van der Waals surface area contributed by atoms with Gasteiger partial charge in [-0.1, -0.05) is 29.8 Å². The second-order valence-electron chi connectivity index (χ2n) is 3.49. The Morgan fingerprint density at radius 2 is 1.94 bits per heavy atom. The Bertz CT molecular complexity index is 485. The van der Waals surface area contributed by atoms with Gasteiger partial charge in [-0.25, -0.2) is 0 Å². The third-order valence-electron chi connectivity index (χ3n) is 2.16. The van der Waals surface area contributed by atoms with Gasteiger partial charge in [-0.3, -0.25) is 4.98 Å². The Kier molecular flexibility index (Phi) is 3.42. The third-order valence-corrected chi connectivity index (χ3v) is 2.47. The van der Waals surface area contributed by atoms with Gasteiger partial charge in [0.15, 0.2) is 0 Å². The molecular weight excluding hydrogens is 222 g/mol. The number of hydrogen-bond donors (Lipinski definition) is 0. The normalized spacial score (nSPS) is 10.1. The summed E-state index contributed by atoms with van der Waals surface area (Å²) >= 11 is 5.98. The molecule has 0 aliphatic carbocycles. The summed E-state index contributed by atoms with van der Waals surface area (Å²) in [6, 6.07) is 13.3. The highest BCUT2D eigenvalue weighted by Crippen LogP contribution is 2.23. The Hall–Kier alpha value is -1.54. The first-order chi connectivity index (χ1) is 7.75. The van der Waals surface area contributed by atoms with Crippen LogP contribution < -0.4 is 4.74 Å². The number of para-hydroxylation sites is 1. The zero-order valence-corrected chi connectivity index (χ0v) is 9.74. The number of hydrogen-bond acceptors (Lipinski definition) is 2. The van der Waals surface area contributed by atoms with Gasteiger partial charge in [0.2, 0.25) is 0 Å². The molecule has 0 aliphatic rings. The molecule has 0 fully saturated rings. The molecular formula is C13H12ClNO. The first-order valence-electron chi connectivity index (χ1n) is 5.05. The van der Waals surface area contributed by atoms with E-state index in [9.17, 15) is 0 Å². The number of nitrogens with zero attached hydrogens (tertiary/aromatic N) is 1. The Balaban J connectivity index is 2.05. The molecule has 0 bridgehead atoms. The van der Waals surface area contributed by atoms with Crippen LogP contribution in [0.5, 0.6) is 5.75 Å². The Morgan fingerprint density at radius 1 is 1.12 bits per heavy atom. The molecule has 0 amide bonds. The summed E-state index contributed by atoms with van der Waals surface area (Å²) in [5, 5.41) is 0.621. The lowest BCUT2D eigenvalue weighted by Gasteiger charge is -2.07. The molecule has 0 aliphatic heterocycles. The summed E-state index contributed by atoms with van der Waals surface area (Å²) < 4.78 is 5.58. The zero-order valence-electron chi connectivity index (χ0n) is 8.98. The van der Waals surface area contributed by atoms with Crippen molar-refractivity contribution in [3.8, 4) is 5.75 Å². The van der Waals surface area contributed by atoms with Gasteiger partial charge in [0.1, 0.15) is 12.4 Å². The molecule has 2 aromatic rings. The summed E-state index contributed by atoms with van der Waals surface area (Å²) in [5.41, 5.74) is 1.89. The fourth-order valence-corrected chi connectivity index (χ4v) is 1.58. The molecule has 0 saturated carbocycles. The number of aromatic nitrogens is 1. The predicted octanol–water partition coefficient (Wildman–Crippen LogP) is 3.62. The van der Waals surface area contributed by atoms with Crippen molar-refractivity contribution in [2.75, 3.05) is 0 Å². The van der Waals surface area contributed by atoms with Crippen LogP contribution in [0.1, 0.15) is 11.4 Å². The standard InChI is InChI=1S/C13H12ClNO/c1-10-5-4-6-11(15-10)9-16-13-8-3-2-7-12(13)14/h2-8H,9H2,1H3. The van der Waals surface area contributed by atoms with Crippen molar-refractivity contribution >= 4 is 11.6 Å². The van der Waals surface area contributed by atoms with E-state index in [0.29, 0.717) is 17.4 Å². The molecule has 0 radical (unpaired) electrons. The number of aryl methyl sites for hydroxylation is 1. The SMILES string of the molecule is Cc1cccc(COc2ccccc2Cl)n1. The molecule has 16 heavy (non-hydrogen) atoms. The maximum atomic E-state index is 5.98. The number of rotatable bonds is 3. The number of ether oxygens (including phenoxy) is 1. The quantitative estimate of drug-likeness (QED) is 0.808. The van der Waals surface area contributed by atoms with Crippen LogP contribution in [0.3, 0.4) is 0 Å². The summed E-state index contributed by atoms with van der Waals surface area (Å²) in [5.74, 6) is 0.687. The lowest BCUT2D eigenvalue weighted by molar-refractivity contribution is 0.301. The molecule has 2 nitrogen and oxygen atoms in total. The average Bonchev–Trinajstić information content (AvgIpc) is 2.28. The molecule has 2 rings (SSSR count). The fourth-order valence-electron chi connectivity index (χ4n) is 1.39. The zero-order chi connectivity index (χ0) is 11.4. The molecule has 1 aromatic carbocycles. The highest BCUT2D eigenvalue weighted by molar-refractivity contribution is 6.32. The van der Waals surface area contributed by atoms with Gasteiger partial charge in [-0.15, -0.1) is 0 Å². The van der Waals surface area contributed by atoms with Gasteiger partial charge >= 0.3 is 0 Å². The van der Waals surface area contributed by atoms with Gasteiger partial charge in [0.25, 0.3) is 0 Å². The summed E-state index contributed by atoms with van der Waals surface area (Å²) in [6.45, 7) is 2.39. The van der Waals surface area contributed by atoms with Gasteiger partial charge in [-0.2, -0.15) is 0 Å². The van der Waals surface area contributed by atoms with Crippen molar-refractivity contribution in [3.63, 3.8) is 0 Å². The van der Waals surface area contributed by atoms with E-state index in [1.165, 1.54) is 0 Å². The van der Waals surface area contributed by atoms with Gasteiger partial charge in [-0.05, 0) is 31.2 Å². The molecule has 0 spiro atoms. The second kappa shape index (κ2) is 4.99. The van der Waals surface area contributed by atoms with Crippen LogP contribution in [0.15, 0.2) is 42.5 Å². The minimum absolute atomic E-state index is 0.436. The van der Waals surface area contributed by atoms with Crippen molar-refractivity contribution in [2.45, 2.75) is 13.5 Å². The van der Waals surface area contributed by atoms with E-state index in [2.05, 4.69) is 4.98 Å². The fraction of sp³-hybridized carbons (Fsp3) is 0.154. The van der Waals surface area contributed by atoms with E-state index < -0.39 is 0 Å².